The molecule has 1 aliphatic carbocycles. The van der Waals surface area contributed by atoms with Crippen LogP contribution < -0.4 is 9.47 Å². The van der Waals surface area contributed by atoms with Gasteiger partial charge in [0.1, 0.15) is 18.1 Å². The van der Waals surface area contributed by atoms with E-state index in [2.05, 4.69) is 93.9 Å². The Morgan fingerprint density at radius 3 is 1.84 bits per heavy atom. The summed E-state index contributed by atoms with van der Waals surface area (Å²) in [4.78, 5) is 0. The van der Waals surface area contributed by atoms with Crippen molar-refractivity contribution in [1.82, 2.24) is 0 Å². The van der Waals surface area contributed by atoms with Gasteiger partial charge in [0.05, 0.1) is 30.6 Å². The van der Waals surface area contributed by atoms with E-state index in [1.807, 2.05) is 6.92 Å². The van der Waals surface area contributed by atoms with Gasteiger partial charge in [-0.3, -0.25) is 0 Å². The highest BCUT2D eigenvalue weighted by molar-refractivity contribution is 9.11. The van der Waals surface area contributed by atoms with E-state index in [1.165, 1.54) is 17.5 Å². The summed E-state index contributed by atoms with van der Waals surface area (Å²) in [6.07, 6.45) is 12.4. The van der Waals surface area contributed by atoms with Crippen molar-refractivity contribution in [3.8, 4) is 23.8 Å². The summed E-state index contributed by atoms with van der Waals surface area (Å²) in [5, 5.41) is 19.6. The van der Waals surface area contributed by atoms with E-state index in [0.29, 0.717) is 25.2 Å². The number of terminal acetylenes is 1. The summed E-state index contributed by atoms with van der Waals surface area (Å²) >= 11 is 14.9. The third-order valence-electron chi connectivity index (χ3n) is 6.91. The summed E-state index contributed by atoms with van der Waals surface area (Å²) in [7, 11) is 0. The molecular weight excluding hydrogens is 732 g/mol. The van der Waals surface area contributed by atoms with Gasteiger partial charge in [-0.1, -0.05) is 26.2 Å². The molecular formula is C29H34Br4O4. The Bertz CT molecular complexity index is 1050. The van der Waals surface area contributed by atoms with Gasteiger partial charge in [0.2, 0.25) is 0 Å². The molecule has 0 amide bonds. The molecule has 37 heavy (non-hydrogen) atoms. The molecule has 2 aromatic carbocycles. The highest BCUT2D eigenvalue weighted by Crippen LogP contribution is 2.50. The van der Waals surface area contributed by atoms with E-state index >= 15 is 0 Å². The minimum absolute atomic E-state index is 0.0580. The van der Waals surface area contributed by atoms with Crippen molar-refractivity contribution in [2.24, 2.45) is 5.92 Å². The molecule has 0 spiro atoms. The van der Waals surface area contributed by atoms with Crippen LogP contribution in [-0.4, -0.2) is 36.1 Å². The van der Waals surface area contributed by atoms with Crippen molar-refractivity contribution in [3.63, 3.8) is 0 Å². The van der Waals surface area contributed by atoms with E-state index < -0.39 is 6.10 Å². The Hall–Kier alpha value is -0.560. The fourth-order valence-electron chi connectivity index (χ4n) is 4.83. The van der Waals surface area contributed by atoms with Crippen molar-refractivity contribution in [3.05, 3.63) is 53.3 Å². The molecule has 8 heteroatoms. The second-order valence-corrected chi connectivity index (χ2v) is 13.3. The van der Waals surface area contributed by atoms with Gasteiger partial charge in [0.25, 0.3) is 0 Å². The first-order valence-corrected chi connectivity index (χ1v) is 15.9. The Morgan fingerprint density at radius 2 is 1.38 bits per heavy atom. The number of hydrogen-bond acceptors (Lipinski definition) is 4. The van der Waals surface area contributed by atoms with Gasteiger partial charge in [-0.25, -0.2) is 0 Å². The molecule has 2 N–H and O–H groups in total. The first-order valence-electron chi connectivity index (χ1n) is 12.7. The maximum atomic E-state index is 10.3. The van der Waals surface area contributed by atoms with Crippen molar-refractivity contribution < 1.29 is 19.7 Å². The number of hydrogen-bond donors (Lipinski definition) is 2. The molecule has 2 aromatic rings. The van der Waals surface area contributed by atoms with Crippen LogP contribution in [0.1, 0.15) is 69.4 Å². The lowest BCUT2D eigenvalue weighted by Gasteiger charge is -2.39. The summed E-state index contributed by atoms with van der Waals surface area (Å²) in [5.74, 6) is 4.10. The Balaban J connectivity index is 1.90. The summed E-state index contributed by atoms with van der Waals surface area (Å²) in [6, 6.07) is 8.66. The lowest BCUT2D eigenvalue weighted by molar-refractivity contribution is 0.0977. The average Bonchev–Trinajstić information content (AvgIpc) is 2.87. The number of rotatable bonds is 12. The van der Waals surface area contributed by atoms with Gasteiger partial charge in [-0.05, 0) is 125 Å². The molecule has 0 bridgehead atoms. The highest BCUT2D eigenvalue weighted by Gasteiger charge is 2.37. The predicted molar refractivity (Wildman–Crippen MR) is 163 cm³/mol. The van der Waals surface area contributed by atoms with Crippen LogP contribution in [0.5, 0.6) is 11.5 Å². The predicted octanol–water partition coefficient (Wildman–Crippen LogP) is 8.54. The largest absolute Gasteiger partial charge is 0.491 e. The molecule has 3 rings (SSSR count). The maximum Gasteiger partial charge on any atom is 0.147 e. The zero-order valence-electron chi connectivity index (χ0n) is 21.0. The van der Waals surface area contributed by atoms with Crippen LogP contribution in [0.4, 0.5) is 0 Å². The number of benzene rings is 2. The number of unbranched alkanes of at least 4 members (excludes halogenated alkanes) is 1. The molecule has 0 aromatic heterocycles. The molecule has 0 radical (unpaired) electrons. The smallest absolute Gasteiger partial charge is 0.147 e. The van der Waals surface area contributed by atoms with Gasteiger partial charge in [-0.2, -0.15) is 0 Å². The SMILES string of the molecule is C#CCCCC(O)COc1c(Br)cc(C2(c3cc(Br)c(OCC(C)CO)c(Br)c3)CCCCC2)cc1Br. The first-order chi connectivity index (χ1) is 17.7. The van der Waals surface area contributed by atoms with E-state index in [1.54, 1.807) is 0 Å². The van der Waals surface area contributed by atoms with Gasteiger partial charge >= 0.3 is 0 Å². The molecule has 1 aliphatic rings. The third-order valence-corrected chi connectivity index (χ3v) is 9.27. The van der Waals surface area contributed by atoms with Gasteiger partial charge < -0.3 is 19.7 Å². The third kappa shape index (κ3) is 7.99. The summed E-state index contributed by atoms with van der Waals surface area (Å²) in [6.45, 7) is 2.70. The monoisotopic (exact) mass is 762 g/mol. The highest BCUT2D eigenvalue weighted by atomic mass is 79.9. The summed E-state index contributed by atoms with van der Waals surface area (Å²) in [5.41, 5.74) is 2.29. The van der Waals surface area contributed by atoms with Crippen molar-refractivity contribution >= 4 is 63.7 Å². The van der Waals surface area contributed by atoms with E-state index in [4.69, 9.17) is 15.9 Å². The Kier molecular flexibility index (Phi) is 12.3. The van der Waals surface area contributed by atoms with Crippen LogP contribution in [0.2, 0.25) is 0 Å². The molecule has 4 nitrogen and oxygen atoms in total. The van der Waals surface area contributed by atoms with Crippen LogP contribution in [0, 0.1) is 18.3 Å². The van der Waals surface area contributed by atoms with Crippen LogP contribution in [0.15, 0.2) is 42.2 Å². The quantitative estimate of drug-likeness (QED) is 0.168. The second kappa shape index (κ2) is 14.7. The van der Waals surface area contributed by atoms with Crippen LogP contribution in [-0.2, 0) is 5.41 Å². The Morgan fingerprint density at radius 1 is 0.892 bits per heavy atom. The van der Waals surface area contributed by atoms with Crippen molar-refractivity contribution in [2.75, 3.05) is 19.8 Å². The van der Waals surface area contributed by atoms with Crippen LogP contribution >= 0.6 is 63.7 Å². The van der Waals surface area contributed by atoms with Crippen LogP contribution in [0.3, 0.4) is 0 Å². The topological polar surface area (TPSA) is 58.9 Å². The fourth-order valence-corrected chi connectivity index (χ4v) is 7.66. The second-order valence-electron chi connectivity index (χ2n) is 9.84. The lowest BCUT2D eigenvalue weighted by Crippen LogP contribution is -2.31. The zero-order valence-corrected chi connectivity index (χ0v) is 27.4. The van der Waals surface area contributed by atoms with Gasteiger partial charge in [0, 0.05) is 24.4 Å². The van der Waals surface area contributed by atoms with E-state index in [0.717, 1.165) is 55.7 Å². The van der Waals surface area contributed by atoms with Crippen molar-refractivity contribution in [2.45, 2.75) is 69.8 Å². The molecule has 1 saturated carbocycles. The maximum absolute atomic E-state index is 10.3. The minimum Gasteiger partial charge on any atom is -0.491 e. The van der Waals surface area contributed by atoms with Crippen molar-refractivity contribution in [1.29, 1.82) is 0 Å². The molecule has 0 heterocycles. The molecule has 202 valence electrons. The molecule has 0 aliphatic heterocycles. The number of halogens is 4. The lowest BCUT2D eigenvalue weighted by atomic mass is 9.65. The molecule has 1 fully saturated rings. The first kappa shape index (κ1) is 31.0. The van der Waals surface area contributed by atoms with E-state index in [9.17, 15) is 10.2 Å². The Labute approximate surface area is 254 Å². The standard InChI is InChI=1S/C29H34Br4O4/c1-3-4-6-9-22(35)18-37-28-25(32)14-21(15-26(28)33)29(10-7-5-8-11-29)20-12-23(30)27(24(31)13-20)36-17-19(2)16-34/h1,12-15,19,22,34-35H,4-11,16-18H2,2H3. The molecule has 0 saturated heterocycles. The van der Waals surface area contributed by atoms with Gasteiger partial charge in [-0.15, -0.1) is 12.3 Å². The number of aliphatic hydroxyl groups excluding tert-OH is 2. The molecule has 2 atom stereocenters. The normalized spacial score (nSPS) is 16.6. The number of ether oxygens (including phenoxy) is 2. The summed E-state index contributed by atoms with van der Waals surface area (Å²) < 4.78 is 15.5. The van der Waals surface area contributed by atoms with Crippen LogP contribution in [0.25, 0.3) is 0 Å². The zero-order chi connectivity index (χ0) is 27.0. The minimum atomic E-state index is -0.563. The molecule has 2 unspecified atom stereocenters. The average molecular weight is 766 g/mol. The van der Waals surface area contributed by atoms with E-state index in [-0.39, 0.29) is 24.5 Å². The number of aliphatic hydroxyl groups is 2. The fraction of sp³-hybridized carbons (Fsp3) is 0.517. The van der Waals surface area contributed by atoms with Gasteiger partial charge in [0.15, 0.2) is 0 Å².